The molecule has 0 unspecified atom stereocenters. The lowest BCUT2D eigenvalue weighted by Crippen LogP contribution is -2.29. The molecule has 0 radical (unpaired) electrons. The van der Waals surface area contributed by atoms with Crippen molar-refractivity contribution in [1.29, 1.82) is 0 Å². The van der Waals surface area contributed by atoms with E-state index in [2.05, 4.69) is 20.4 Å². The van der Waals surface area contributed by atoms with Gasteiger partial charge in [0.1, 0.15) is 0 Å². The van der Waals surface area contributed by atoms with E-state index in [-0.39, 0.29) is 0 Å². The second-order valence-electron chi connectivity index (χ2n) is 4.66. The summed E-state index contributed by atoms with van der Waals surface area (Å²) in [5.74, 6) is 1.87. The van der Waals surface area contributed by atoms with E-state index in [1.807, 2.05) is 7.05 Å². The molecule has 0 aromatic carbocycles. The molecule has 1 saturated carbocycles. The minimum absolute atomic E-state index is 0.420. The molecule has 18 heavy (non-hydrogen) atoms. The number of nitrogens with zero attached hydrogens (tertiary/aromatic N) is 3. The first kappa shape index (κ1) is 11.8. The van der Waals surface area contributed by atoms with Crippen molar-refractivity contribution in [2.45, 2.75) is 37.6 Å². The van der Waals surface area contributed by atoms with E-state index in [9.17, 15) is 0 Å². The summed E-state index contributed by atoms with van der Waals surface area (Å²) in [6, 6.07) is 0.644. The summed E-state index contributed by atoms with van der Waals surface area (Å²) in [4.78, 5) is 9.50. The fraction of sp³-hybridized carbons (Fsp3) is 0.583. The lowest BCUT2D eigenvalue weighted by atomic mass is 9.86. The van der Waals surface area contributed by atoms with Crippen LogP contribution in [0.25, 0.3) is 10.7 Å². The Kier molecular flexibility index (Phi) is 3.38. The molecular weight excluding hydrogens is 248 g/mol. The number of thiazole rings is 1. The van der Waals surface area contributed by atoms with Gasteiger partial charge in [-0.3, -0.25) is 4.98 Å². The van der Waals surface area contributed by atoms with Gasteiger partial charge in [0.15, 0.2) is 0 Å². The maximum atomic E-state index is 5.39. The lowest BCUT2D eigenvalue weighted by molar-refractivity contribution is 0.289. The Morgan fingerprint density at radius 3 is 2.83 bits per heavy atom. The molecule has 1 fully saturated rings. The monoisotopic (exact) mass is 264 g/mol. The second kappa shape index (κ2) is 5.16. The van der Waals surface area contributed by atoms with Crippen LogP contribution in [0.5, 0.6) is 0 Å². The highest BCUT2D eigenvalue weighted by Gasteiger charge is 2.26. The molecule has 6 heteroatoms. The highest BCUT2D eigenvalue weighted by molar-refractivity contribution is 7.13. The van der Waals surface area contributed by atoms with Crippen LogP contribution in [0.4, 0.5) is 0 Å². The van der Waals surface area contributed by atoms with Gasteiger partial charge in [-0.2, -0.15) is 4.98 Å². The fourth-order valence-corrected chi connectivity index (χ4v) is 3.00. The molecule has 0 amide bonds. The molecule has 5 nitrogen and oxygen atoms in total. The largest absolute Gasteiger partial charge is 0.339 e. The Balaban J connectivity index is 1.71. The topological polar surface area (TPSA) is 63.8 Å². The first-order valence-electron chi connectivity index (χ1n) is 6.26. The van der Waals surface area contributed by atoms with E-state index in [1.54, 1.807) is 11.7 Å². The fourth-order valence-electron chi connectivity index (χ4n) is 2.46. The molecule has 2 aromatic heterocycles. The van der Waals surface area contributed by atoms with Gasteiger partial charge in [-0.25, -0.2) is 0 Å². The van der Waals surface area contributed by atoms with Gasteiger partial charge in [0.05, 0.1) is 10.4 Å². The van der Waals surface area contributed by atoms with Crippen LogP contribution in [0.1, 0.15) is 37.5 Å². The summed E-state index contributed by atoms with van der Waals surface area (Å²) in [5, 5.41) is 7.37. The van der Waals surface area contributed by atoms with Gasteiger partial charge in [-0.15, -0.1) is 11.3 Å². The Hall–Kier alpha value is -1.27. The van der Waals surface area contributed by atoms with Crippen molar-refractivity contribution >= 4 is 11.3 Å². The second-order valence-corrected chi connectivity index (χ2v) is 5.55. The van der Waals surface area contributed by atoms with E-state index >= 15 is 0 Å². The van der Waals surface area contributed by atoms with Gasteiger partial charge in [0.25, 0.3) is 0 Å². The summed E-state index contributed by atoms with van der Waals surface area (Å²) in [6.07, 6.45) is 6.38. The molecule has 1 aliphatic carbocycles. The van der Waals surface area contributed by atoms with E-state index in [1.165, 1.54) is 24.2 Å². The molecule has 96 valence electrons. The first-order valence-corrected chi connectivity index (χ1v) is 7.14. The lowest BCUT2D eigenvalue weighted by Gasteiger charge is -2.25. The Bertz CT molecular complexity index is 488. The van der Waals surface area contributed by atoms with Gasteiger partial charge in [-0.05, 0) is 32.7 Å². The third-order valence-electron chi connectivity index (χ3n) is 3.58. The molecule has 0 bridgehead atoms. The van der Waals surface area contributed by atoms with Crippen molar-refractivity contribution in [2.24, 2.45) is 0 Å². The van der Waals surface area contributed by atoms with E-state index in [0.29, 0.717) is 17.8 Å². The van der Waals surface area contributed by atoms with Gasteiger partial charge in [0.2, 0.25) is 11.7 Å². The zero-order valence-electron chi connectivity index (χ0n) is 10.3. The quantitative estimate of drug-likeness (QED) is 0.922. The van der Waals surface area contributed by atoms with Gasteiger partial charge >= 0.3 is 0 Å². The number of rotatable bonds is 3. The average molecular weight is 264 g/mol. The highest BCUT2D eigenvalue weighted by Crippen LogP contribution is 2.33. The Morgan fingerprint density at radius 2 is 2.17 bits per heavy atom. The predicted octanol–water partition coefficient (Wildman–Crippen LogP) is 2.44. The summed E-state index contributed by atoms with van der Waals surface area (Å²) in [6.45, 7) is 0. The van der Waals surface area contributed by atoms with Crippen LogP contribution in [-0.2, 0) is 0 Å². The molecular formula is C12H16N4OS. The highest BCUT2D eigenvalue weighted by atomic mass is 32.1. The number of nitrogens with one attached hydrogen (secondary N) is 1. The molecule has 0 spiro atoms. The Labute approximate surface area is 110 Å². The van der Waals surface area contributed by atoms with Crippen molar-refractivity contribution < 1.29 is 4.52 Å². The van der Waals surface area contributed by atoms with Crippen LogP contribution in [0, 0.1) is 0 Å². The number of aromatic nitrogens is 3. The maximum absolute atomic E-state index is 5.39. The molecule has 1 N–H and O–H groups in total. The van der Waals surface area contributed by atoms with Gasteiger partial charge in [-0.1, -0.05) is 5.16 Å². The van der Waals surface area contributed by atoms with Crippen molar-refractivity contribution in [2.75, 3.05) is 7.05 Å². The molecule has 0 atom stereocenters. The zero-order chi connectivity index (χ0) is 12.4. The van der Waals surface area contributed by atoms with Gasteiger partial charge in [0, 0.05) is 18.2 Å². The van der Waals surface area contributed by atoms with E-state index < -0.39 is 0 Å². The summed E-state index contributed by atoms with van der Waals surface area (Å²) in [5.41, 5.74) is 1.78. The van der Waals surface area contributed by atoms with Crippen LogP contribution in [0.3, 0.4) is 0 Å². The normalized spacial score (nSPS) is 24.3. The Morgan fingerprint density at radius 1 is 1.33 bits per heavy atom. The van der Waals surface area contributed by atoms with Crippen molar-refractivity contribution in [3.05, 3.63) is 17.6 Å². The van der Waals surface area contributed by atoms with Crippen molar-refractivity contribution in [3.8, 4) is 10.7 Å². The molecule has 3 rings (SSSR count). The van der Waals surface area contributed by atoms with Crippen LogP contribution >= 0.6 is 11.3 Å². The summed E-state index contributed by atoms with van der Waals surface area (Å²) >= 11 is 1.53. The van der Waals surface area contributed by atoms with Crippen molar-refractivity contribution in [1.82, 2.24) is 20.4 Å². The average Bonchev–Trinajstić information content (AvgIpc) is 3.09. The predicted molar refractivity (Wildman–Crippen MR) is 69.5 cm³/mol. The molecule has 1 aliphatic rings. The zero-order valence-corrected chi connectivity index (χ0v) is 11.1. The molecule has 0 aliphatic heterocycles. The smallest absolute Gasteiger partial charge is 0.230 e. The molecule has 2 heterocycles. The SMILES string of the molecule is CNC1CCC(c2nc(-c3cncs3)no2)CC1. The third-order valence-corrected chi connectivity index (χ3v) is 4.35. The minimum atomic E-state index is 0.420. The van der Waals surface area contributed by atoms with E-state index in [4.69, 9.17) is 4.52 Å². The number of hydrogen-bond donors (Lipinski definition) is 1. The van der Waals surface area contributed by atoms with Crippen LogP contribution in [0.2, 0.25) is 0 Å². The van der Waals surface area contributed by atoms with Crippen molar-refractivity contribution in [3.63, 3.8) is 0 Å². The molecule has 0 saturated heterocycles. The molecule has 2 aromatic rings. The van der Waals surface area contributed by atoms with Crippen LogP contribution in [-0.4, -0.2) is 28.2 Å². The number of hydrogen-bond acceptors (Lipinski definition) is 6. The van der Waals surface area contributed by atoms with Gasteiger partial charge < -0.3 is 9.84 Å². The first-order chi connectivity index (χ1) is 8.86. The van der Waals surface area contributed by atoms with Crippen LogP contribution in [0.15, 0.2) is 16.2 Å². The van der Waals surface area contributed by atoms with E-state index in [0.717, 1.165) is 23.6 Å². The van der Waals surface area contributed by atoms with Crippen LogP contribution < -0.4 is 5.32 Å². The standard InChI is InChI=1S/C12H16N4OS/c1-13-9-4-2-8(3-5-9)12-15-11(16-17-12)10-6-14-7-18-10/h6-9,13H,2-5H2,1H3. The third kappa shape index (κ3) is 2.30. The summed E-state index contributed by atoms with van der Waals surface area (Å²) < 4.78 is 5.39. The summed E-state index contributed by atoms with van der Waals surface area (Å²) in [7, 11) is 2.03. The maximum Gasteiger partial charge on any atom is 0.230 e. The minimum Gasteiger partial charge on any atom is -0.339 e.